The van der Waals surface area contributed by atoms with E-state index in [-0.39, 0.29) is 18.1 Å². The Morgan fingerprint density at radius 2 is 2.50 bits per heavy atom. The Balaban J connectivity index is 2.04. The maximum absolute atomic E-state index is 12.3. The average molecular weight is 270 g/mol. The third-order valence-corrected chi connectivity index (χ3v) is 3.89. The van der Waals surface area contributed by atoms with Crippen molar-refractivity contribution in [3.05, 3.63) is 16.3 Å². The van der Waals surface area contributed by atoms with Crippen LogP contribution in [0.3, 0.4) is 0 Å². The Morgan fingerprint density at radius 3 is 3.11 bits per heavy atom. The fraction of sp³-hybridized carbons (Fsp3) is 0.583. The lowest BCUT2D eigenvalue weighted by Crippen LogP contribution is -2.51. The molecule has 2 atom stereocenters. The normalized spacial score (nSPS) is 21.7. The van der Waals surface area contributed by atoms with E-state index in [4.69, 9.17) is 15.2 Å². The number of hydrogen-bond acceptors (Lipinski definition) is 5. The van der Waals surface area contributed by atoms with E-state index >= 15 is 0 Å². The van der Waals surface area contributed by atoms with Crippen LogP contribution >= 0.6 is 11.3 Å². The lowest BCUT2D eigenvalue weighted by atomic mass is 10.1. The number of morpholine rings is 1. The van der Waals surface area contributed by atoms with E-state index in [0.717, 1.165) is 5.75 Å². The van der Waals surface area contributed by atoms with Crippen molar-refractivity contribution >= 4 is 17.2 Å². The minimum atomic E-state index is -0.0791. The van der Waals surface area contributed by atoms with Gasteiger partial charge in [0, 0.05) is 30.6 Å². The Bertz CT molecular complexity index is 419. The van der Waals surface area contributed by atoms with Crippen LogP contribution in [0.4, 0.5) is 0 Å². The summed E-state index contributed by atoms with van der Waals surface area (Å²) in [5, 5.41) is 1.83. The maximum atomic E-state index is 12.3. The molecule has 0 radical (unpaired) electrons. The van der Waals surface area contributed by atoms with Gasteiger partial charge in [-0.1, -0.05) is 0 Å². The van der Waals surface area contributed by atoms with E-state index in [9.17, 15) is 4.79 Å². The zero-order valence-electron chi connectivity index (χ0n) is 10.6. The Kier molecular flexibility index (Phi) is 4.21. The smallest absolute Gasteiger partial charge is 0.264 e. The summed E-state index contributed by atoms with van der Waals surface area (Å²) >= 11 is 1.40. The second-order valence-corrected chi connectivity index (χ2v) is 5.28. The van der Waals surface area contributed by atoms with Gasteiger partial charge in [0.15, 0.2) is 0 Å². The van der Waals surface area contributed by atoms with Gasteiger partial charge in [-0.2, -0.15) is 0 Å². The third-order valence-electron chi connectivity index (χ3n) is 2.99. The van der Waals surface area contributed by atoms with Gasteiger partial charge in [0.2, 0.25) is 0 Å². The molecule has 0 bridgehead atoms. The molecule has 100 valence electrons. The van der Waals surface area contributed by atoms with E-state index in [1.54, 1.807) is 18.1 Å². The van der Waals surface area contributed by atoms with Crippen molar-refractivity contribution in [2.24, 2.45) is 5.73 Å². The van der Waals surface area contributed by atoms with E-state index in [0.29, 0.717) is 24.6 Å². The fourth-order valence-electron chi connectivity index (χ4n) is 1.87. The second-order valence-electron chi connectivity index (χ2n) is 4.37. The molecule has 1 fully saturated rings. The molecule has 1 aromatic heterocycles. The molecule has 1 aliphatic rings. The molecule has 6 heteroatoms. The Labute approximate surface area is 110 Å². The summed E-state index contributed by atoms with van der Waals surface area (Å²) in [7, 11) is 1.59. The molecule has 2 N–H and O–H groups in total. The highest BCUT2D eigenvalue weighted by molar-refractivity contribution is 7.12. The summed E-state index contributed by atoms with van der Waals surface area (Å²) in [6, 6.07) is 1.70. The molecule has 1 saturated heterocycles. The summed E-state index contributed by atoms with van der Waals surface area (Å²) in [4.78, 5) is 14.8. The highest BCUT2D eigenvalue weighted by Gasteiger charge is 2.27. The average Bonchev–Trinajstić information content (AvgIpc) is 2.86. The number of ether oxygens (including phenoxy) is 2. The van der Waals surface area contributed by atoms with Crippen LogP contribution in [0.15, 0.2) is 11.4 Å². The number of carbonyl (C=O) groups is 1. The molecular formula is C12H18N2O3S. The van der Waals surface area contributed by atoms with Gasteiger partial charge < -0.3 is 20.1 Å². The number of methoxy groups -OCH3 is 1. The van der Waals surface area contributed by atoms with Crippen molar-refractivity contribution in [3.63, 3.8) is 0 Å². The molecule has 0 aliphatic carbocycles. The summed E-state index contributed by atoms with van der Waals surface area (Å²) < 4.78 is 10.6. The monoisotopic (exact) mass is 270 g/mol. The predicted octanol–water partition coefficient (Wildman–Crippen LogP) is 0.945. The highest BCUT2D eigenvalue weighted by Crippen LogP contribution is 2.23. The topological polar surface area (TPSA) is 64.8 Å². The Morgan fingerprint density at radius 1 is 1.72 bits per heavy atom. The first-order valence-electron chi connectivity index (χ1n) is 5.91. The van der Waals surface area contributed by atoms with Gasteiger partial charge in [-0.25, -0.2) is 0 Å². The molecule has 0 aromatic carbocycles. The zero-order valence-corrected chi connectivity index (χ0v) is 11.4. The molecule has 1 aliphatic heterocycles. The predicted molar refractivity (Wildman–Crippen MR) is 70.2 cm³/mol. The van der Waals surface area contributed by atoms with Crippen LogP contribution < -0.4 is 10.5 Å². The molecule has 2 unspecified atom stereocenters. The number of carbonyl (C=O) groups excluding carboxylic acids is 1. The molecule has 18 heavy (non-hydrogen) atoms. The maximum Gasteiger partial charge on any atom is 0.264 e. The van der Waals surface area contributed by atoms with Crippen LogP contribution in [0.1, 0.15) is 16.6 Å². The molecule has 5 nitrogen and oxygen atoms in total. The molecule has 1 aromatic rings. The molecule has 0 spiro atoms. The standard InChI is InChI=1S/C12H18N2O3S/c1-8(13)10-6-14(3-4-17-10)12(15)11-5-9(16-2)7-18-11/h5,7-8,10H,3-4,6,13H2,1-2H3. The number of amides is 1. The van der Waals surface area contributed by atoms with Crippen LogP contribution in [-0.2, 0) is 4.74 Å². The van der Waals surface area contributed by atoms with Crippen molar-refractivity contribution in [2.75, 3.05) is 26.8 Å². The highest BCUT2D eigenvalue weighted by atomic mass is 32.1. The first-order chi connectivity index (χ1) is 8.61. The van der Waals surface area contributed by atoms with Crippen LogP contribution in [0.25, 0.3) is 0 Å². The van der Waals surface area contributed by atoms with Gasteiger partial charge in [-0.15, -0.1) is 11.3 Å². The van der Waals surface area contributed by atoms with E-state index in [1.807, 2.05) is 12.3 Å². The van der Waals surface area contributed by atoms with E-state index in [1.165, 1.54) is 11.3 Å². The van der Waals surface area contributed by atoms with Crippen molar-refractivity contribution in [1.82, 2.24) is 4.90 Å². The van der Waals surface area contributed by atoms with Crippen molar-refractivity contribution < 1.29 is 14.3 Å². The minimum absolute atomic E-state index is 0.0252. The largest absolute Gasteiger partial charge is 0.496 e. The van der Waals surface area contributed by atoms with Crippen molar-refractivity contribution in [3.8, 4) is 5.75 Å². The fourth-order valence-corrected chi connectivity index (χ4v) is 2.69. The third kappa shape index (κ3) is 2.82. The molecule has 2 heterocycles. The van der Waals surface area contributed by atoms with Gasteiger partial charge in [0.25, 0.3) is 5.91 Å². The van der Waals surface area contributed by atoms with Crippen LogP contribution in [0.5, 0.6) is 5.75 Å². The van der Waals surface area contributed by atoms with Crippen LogP contribution in [0.2, 0.25) is 0 Å². The summed E-state index contributed by atoms with van der Waals surface area (Å²) in [6.07, 6.45) is -0.0791. The number of nitrogens with two attached hydrogens (primary N) is 1. The zero-order chi connectivity index (χ0) is 13.1. The molecule has 0 saturated carbocycles. The summed E-state index contributed by atoms with van der Waals surface area (Å²) in [6.45, 7) is 3.60. The number of nitrogens with zero attached hydrogens (tertiary/aromatic N) is 1. The number of rotatable bonds is 3. The van der Waals surface area contributed by atoms with Crippen molar-refractivity contribution in [2.45, 2.75) is 19.1 Å². The SMILES string of the molecule is COc1csc(C(=O)N2CCOC(C(C)N)C2)c1. The summed E-state index contributed by atoms with van der Waals surface area (Å²) in [5.41, 5.74) is 5.81. The number of thiophene rings is 1. The van der Waals surface area contributed by atoms with Gasteiger partial charge >= 0.3 is 0 Å². The van der Waals surface area contributed by atoms with Gasteiger partial charge in [0.1, 0.15) is 5.75 Å². The minimum Gasteiger partial charge on any atom is -0.496 e. The second kappa shape index (κ2) is 5.69. The lowest BCUT2D eigenvalue weighted by molar-refractivity contribution is -0.0298. The molecular weight excluding hydrogens is 252 g/mol. The van der Waals surface area contributed by atoms with E-state index in [2.05, 4.69) is 0 Å². The van der Waals surface area contributed by atoms with Gasteiger partial charge in [0.05, 0.1) is 24.7 Å². The summed E-state index contributed by atoms with van der Waals surface area (Å²) in [5.74, 6) is 0.748. The molecule has 2 rings (SSSR count). The van der Waals surface area contributed by atoms with Gasteiger partial charge in [-0.3, -0.25) is 4.79 Å². The van der Waals surface area contributed by atoms with Gasteiger partial charge in [-0.05, 0) is 6.92 Å². The van der Waals surface area contributed by atoms with E-state index < -0.39 is 0 Å². The first kappa shape index (κ1) is 13.3. The number of hydrogen-bond donors (Lipinski definition) is 1. The quantitative estimate of drug-likeness (QED) is 0.888. The Hall–Kier alpha value is -1.11. The lowest BCUT2D eigenvalue weighted by Gasteiger charge is -2.34. The molecule has 1 amide bonds. The van der Waals surface area contributed by atoms with Crippen LogP contribution in [-0.4, -0.2) is 49.8 Å². The van der Waals surface area contributed by atoms with Crippen LogP contribution in [0, 0.1) is 0 Å². The van der Waals surface area contributed by atoms with Crippen molar-refractivity contribution in [1.29, 1.82) is 0 Å². The first-order valence-corrected chi connectivity index (χ1v) is 6.78.